The number of furan rings is 1. The molecule has 4 nitrogen and oxygen atoms in total. The van der Waals surface area contributed by atoms with Crippen LogP contribution in [0, 0.1) is 13.8 Å². The summed E-state index contributed by atoms with van der Waals surface area (Å²) in [5.74, 6) is 1.67. The number of hydrogen-bond donors (Lipinski definition) is 0. The molecule has 1 aromatic heterocycles. The van der Waals surface area contributed by atoms with Crippen LogP contribution in [0.1, 0.15) is 47.6 Å². The van der Waals surface area contributed by atoms with Crippen molar-refractivity contribution in [1.82, 2.24) is 4.90 Å². The fraction of sp³-hybridized carbons (Fsp3) is 0.667. The zero-order valence-corrected chi connectivity index (χ0v) is 11.8. The van der Waals surface area contributed by atoms with Crippen molar-refractivity contribution < 1.29 is 13.9 Å². The van der Waals surface area contributed by atoms with E-state index in [0.29, 0.717) is 18.2 Å². The first-order valence-electron chi connectivity index (χ1n) is 7.02. The zero-order valence-electron chi connectivity index (χ0n) is 11.8. The largest absolute Gasteiger partial charge is 0.466 e. The molecule has 4 heteroatoms. The summed E-state index contributed by atoms with van der Waals surface area (Å²) in [7, 11) is 1.77. The van der Waals surface area contributed by atoms with E-state index in [1.54, 1.807) is 7.11 Å². The number of piperidine rings is 1. The number of ether oxygens (including phenoxy) is 1. The van der Waals surface area contributed by atoms with E-state index in [2.05, 4.69) is 4.90 Å². The summed E-state index contributed by atoms with van der Waals surface area (Å²) < 4.78 is 11.0. The van der Waals surface area contributed by atoms with Crippen molar-refractivity contribution in [2.45, 2.75) is 57.7 Å². The van der Waals surface area contributed by atoms with Gasteiger partial charge in [-0.15, -0.1) is 0 Å². The summed E-state index contributed by atoms with van der Waals surface area (Å²) in [6.45, 7) is 3.75. The predicted molar refractivity (Wildman–Crippen MR) is 71.2 cm³/mol. The first kappa shape index (κ1) is 12.7. The minimum absolute atomic E-state index is 0.136. The van der Waals surface area contributed by atoms with Crippen LogP contribution in [0.3, 0.4) is 0 Å². The number of carbonyl (C=O) groups excluding carboxylic acids is 1. The maximum absolute atomic E-state index is 12.7. The molecule has 0 aromatic carbocycles. The molecule has 0 aliphatic carbocycles. The highest BCUT2D eigenvalue weighted by atomic mass is 16.5. The van der Waals surface area contributed by atoms with Gasteiger partial charge < -0.3 is 14.1 Å². The number of rotatable bonds is 2. The van der Waals surface area contributed by atoms with Crippen LogP contribution in [0.4, 0.5) is 0 Å². The molecule has 0 radical (unpaired) electrons. The molecule has 104 valence electrons. The quantitative estimate of drug-likeness (QED) is 0.824. The summed E-state index contributed by atoms with van der Waals surface area (Å²) >= 11 is 0. The Labute approximate surface area is 113 Å². The van der Waals surface area contributed by atoms with Gasteiger partial charge in [0.25, 0.3) is 5.91 Å². The Morgan fingerprint density at radius 2 is 1.95 bits per heavy atom. The molecule has 1 amide bonds. The molecule has 3 rings (SSSR count). The van der Waals surface area contributed by atoms with E-state index in [-0.39, 0.29) is 5.91 Å². The average molecular weight is 263 g/mol. The van der Waals surface area contributed by atoms with Crippen LogP contribution < -0.4 is 0 Å². The maximum Gasteiger partial charge on any atom is 0.257 e. The van der Waals surface area contributed by atoms with Crippen molar-refractivity contribution in [3.05, 3.63) is 23.2 Å². The molecule has 2 bridgehead atoms. The molecule has 1 unspecified atom stereocenters. The highest BCUT2D eigenvalue weighted by Gasteiger charge is 2.44. The topological polar surface area (TPSA) is 42.7 Å². The molecule has 0 N–H and O–H groups in total. The summed E-state index contributed by atoms with van der Waals surface area (Å²) in [6.07, 6.45) is 4.45. The lowest BCUT2D eigenvalue weighted by atomic mass is 9.98. The maximum atomic E-state index is 12.7. The molecule has 2 saturated heterocycles. The number of fused-ring (bicyclic) bond motifs is 2. The molecule has 0 spiro atoms. The minimum atomic E-state index is 0.136. The Bertz CT molecular complexity index is 480. The fourth-order valence-corrected chi connectivity index (χ4v) is 3.63. The van der Waals surface area contributed by atoms with E-state index in [9.17, 15) is 4.79 Å². The zero-order chi connectivity index (χ0) is 13.6. The van der Waals surface area contributed by atoms with E-state index >= 15 is 0 Å². The van der Waals surface area contributed by atoms with Crippen molar-refractivity contribution >= 4 is 5.91 Å². The van der Waals surface area contributed by atoms with E-state index in [1.807, 2.05) is 19.9 Å². The standard InChI is InChI=1S/C15H21NO3/c1-9-6-14(10(2)19-9)15(17)16-11-4-5-12(16)8-13(7-11)18-3/h6,11-13H,4-5,7-8H2,1-3H3/t11-,12+,13?. The lowest BCUT2D eigenvalue weighted by molar-refractivity contribution is 0.00815. The monoisotopic (exact) mass is 263 g/mol. The van der Waals surface area contributed by atoms with Crippen molar-refractivity contribution in [1.29, 1.82) is 0 Å². The van der Waals surface area contributed by atoms with Gasteiger partial charge in [-0.3, -0.25) is 4.79 Å². The molecule has 3 heterocycles. The van der Waals surface area contributed by atoms with Gasteiger partial charge in [0.15, 0.2) is 0 Å². The normalized spacial score (nSPS) is 29.8. The van der Waals surface area contributed by atoms with Gasteiger partial charge in [-0.1, -0.05) is 0 Å². The average Bonchev–Trinajstić information content (AvgIpc) is 2.85. The number of carbonyl (C=O) groups is 1. The van der Waals surface area contributed by atoms with Crippen molar-refractivity contribution in [2.24, 2.45) is 0 Å². The Morgan fingerprint density at radius 1 is 1.32 bits per heavy atom. The first-order chi connectivity index (χ1) is 9.10. The Hall–Kier alpha value is -1.29. The van der Waals surface area contributed by atoms with Crippen LogP contribution in [-0.4, -0.2) is 36.1 Å². The highest BCUT2D eigenvalue weighted by Crippen LogP contribution is 2.38. The highest BCUT2D eigenvalue weighted by molar-refractivity contribution is 5.96. The molecule has 19 heavy (non-hydrogen) atoms. The molecule has 2 aliphatic heterocycles. The van der Waals surface area contributed by atoms with Crippen LogP contribution >= 0.6 is 0 Å². The number of methoxy groups -OCH3 is 1. The lowest BCUT2D eigenvalue weighted by Crippen LogP contribution is -2.48. The van der Waals surface area contributed by atoms with Gasteiger partial charge in [0.2, 0.25) is 0 Å². The molecule has 3 atom stereocenters. The summed E-state index contributed by atoms with van der Waals surface area (Å²) in [5.41, 5.74) is 0.727. The van der Waals surface area contributed by atoms with Crippen LogP contribution in [0.15, 0.2) is 10.5 Å². The fourth-order valence-electron chi connectivity index (χ4n) is 3.63. The number of aryl methyl sites for hydroxylation is 2. The van der Waals surface area contributed by atoms with Crippen LogP contribution in [0.25, 0.3) is 0 Å². The second-order valence-corrected chi connectivity index (χ2v) is 5.75. The van der Waals surface area contributed by atoms with Crippen molar-refractivity contribution in [3.63, 3.8) is 0 Å². The summed E-state index contributed by atoms with van der Waals surface area (Å²) in [5, 5.41) is 0. The molecule has 0 saturated carbocycles. The van der Waals surface area contributed by atoms with Crippen LogP contribution in [0.2, 0.25) is 0 Å². The third kappa shape index (κ3) is 2.08. The second-order valence-electron chi connectivity index (χ2n) is 5.75. The number of amides is 1. The van der Waals surface area contributed by atoms with E-state index < -0.39 is 0 Å². The molecule has 1 aromatic rings. The molecule has 2 fully saturated rings. The molecule has 2 aliphatic rings. The van der Waals surface area contributed by atoms with Crippen LogP contribution in [-0.2, 0) is 4.74 Å². The SMILES string of the molecule is COC1C[C@H]2CC[C@@H](C1)N2C(=O)c1cc(C)oc1C. The van der Waals surface area contributed by atoms with Gasteiger partial charge >= 0.3 is 0 Å². The second kappa shape index (κ2) is 4.67. The number of nitrogens with zero attached hydrogens (tertiary/aromatic N) is 1. The van der Waals surface area contributed by atoms with Crippen LogP contribution in [0.5, 0.6) is 0 Å². The molecular weight excluding hydrogens is 242 g/mol. The Balaban J connectivity index is 1.84. The lowest BCUT2D eigenvalue weighted by Gasteiger charge is -2.38. The van der Waals surface area contributed by atoms with E-state index in [4.69, 9.17) is 9.15 Å². The van der Waals surface area contributed by atoms with Gasteiger partial charge in [0.1, 0.15) is 11.5 Å². The van der Waals surface area contributed by atoms with E-state index in [0.717, 1.165) is 42.8 Å². The van der Waals surface area contributed by atoms with Crippen molar-refractivity contribution in [3.8, 4) is 0 Å². The first-order valence-corrected chi connectivity index (χ1v) is 7.02. The van der Waals surface area contributed by atoms with Gasteiger partial charge in [-0.25, -0.2) is 0 Å². The summed E-state index contributed by atoms with van der Waals surface area (Å²) in [6, 6.07) is 2.54. The third-order valence-electron chi connectivity index (χ3n) is 4.53. The van der Waals surface area contributed by atoms with Gasteiger partial charge in [0, 0.05) is 19.2 Å². The molecular formula is C15H21NO3. The smallest absolute Gasteiger partial charge is 0.257 e. The van der Waals surface area contributed by atoms with Gasteiger partial charge in [-0.2, -0.15) is 0 Å². The Kier molecular flexibility index (Phi) is 3.13. The van der Waals surface area contributed by atoms with Crippen molar-refractivity contribution in [2.75, 3.05) is 7.11 Å². The minimum Gasteiger partial charge on any atom is -0.466 e. The Morgan fingerprint density at radius 3 is 2.42 bits per heavy atom. The van der Waals surface area contributed by atoms with Gasteiger partial charge in [0.05, 0.1) is 11.7 Å². The van der Waals surface area contributed by atoms with Gasteiger partial charge in [-0.05, 0) is 45.6 Å². The van der Waals surface area contributed by atoms with E-state index in [1.165, 1.54) is 0 Å². The third-order valence-corrected chi connectivity index (χ3v) is 4.53. The number of hydrogen-bond acceptors (Lipinski definition) is 3. The summed E-state index contributed by atoms with van der Waals surface area (Å²) in [4.78, 5) is 14.8. The predicted octanol–water partition coefficient (Wildman–Crippen LogP) is 2.68.